The number of carbonyl (C=O) groups excluding carboxylic acids is 4. The number of rotatable bonds is 9. The Bertz CT molecular complexity index is 1470. The van der Waals surface area contributed by atoms with Gasteiger partial charge in [0.1, 0.15) is 6.29 Å². The molecule has 2 aromatic carbocycles. The van der Waals surface area contributed by atoms with Crippen molar-refractivity contribution in [3.8, 4) is 25.7 Å². The molecule has 12 nitrogen and oxygen atoms in total. The maximum Gasteiger partial charge on any atom is 0.333 e. The number of amides is 2. The lowest BCUT2D eigenvalue weighted by molar-refractivity contribution is -0.215. The molecule has 4 N–H and O–H groups in total. The molecule has 4 rings (SSSR count). The Morgan fingerprint density at radius 1 is 1.00 bits per heavy atom. The monoisotopic (exact) mass is 618 g/mol. The highest BCUT2D eigenvalue weighted by molar-refractivity contribution is 6.45. The number of piperazine rings is 1. The summed E-state index contributed by atoms with van der Waals surface area (Å²) in [6, 6.07) is 14.0. The molecule has 238 valence electrons. The number of carboxylic acid groups (broad SMARTS) is 1. The number of aromatic nitrogens is 1. The number of nitrogens with zero attached hydrogens (tertiary/aromatic N) is 2. The SMILES string of the molecule is C#C.C#C.CN1CCN(C(=O)C(=O)c2c[nH]c3c(NC(=O)C[C@H](OC(C)(C)O)C(=O)O)cccc23)CC1.O=Cc1ccccc1. The van der Waals surface area contributed by atoms with Crippen molar-refractivity contribution in [2.45, 2.75) is 32.2 Å². The molecule has 2 heterocycles. The summed E-state index contributed by atoms with van der Waals surface area (Å²) in [4.78, 5) is 65.9. The molecule has 3 aromatic rings. The summed E-state index contributed by atoms with van der Waals surface area (Å²) >= 11 is 0. The van der Waals surface area contributed by atoms with Gasteiger partial charge in [0.15, 0.2) is 11.9 Å². The van der Waals surface area contributed by atoms with Crippen molar-refractivity contribution >= 4 is 46.4 Å². The molecule has 1 aromatic heterocycles. The van der Waals surface area contributed by atoms with Gasteiger partial charge in [0, 0.05) is 43.3 Å². The van der Waals surface area contributed by atoms with Gasteiger partial charge in [-0.05, 0) is 27.0 Å². The summed E-state index contributed by atoms with van der Waals surface area (Å²) in [7, 11) is 1.95. The van der Waals surface area contributed by atoms with Gasteiger partial charge in [-0.1, -0.05) is 42.5 Å². The lowest BCUT2D eigenvalue weighted by Gasteiger charge is -2.31. The predicted molar refractivity (Wildman–Crippen MR) is 170 cm³/mol. The average Bonchev–Trinajstić information content (AvgIpc) is 3.47. The fourth-order valence-corrected chi connectivity index (χ4v) is 4.14. The first-order valence-electron chi connectivity index (χ1n) is 13.6. The second-order valence-corrected chi connectivity index (χ2v) is 10.0. The summed E-state index contributed by atoms with van der Waals surface area (Å²) in [5, 5.41) is 22.0. The first-order chi connectivity index (χ1) is 21.4. The van der Waals surface area contributed by atoms with Gasteiger partial charge >= 0.3 is 5.97 Å². The maximum atomic E-state index is 12.9. The Kier molecular flexibility index (Phi) is 15.4. The van der Waals surface area contributed by atoms with E-state index in [9.17, 15) is 34.2 Å². The Labute approximate surface area is 262 Å². The van der Waals surface area contributed by atoms with Crippen LogP contribution in [0.1, 0.15) is 41.0 Å². The van der Waals surface area contributed by atoms with Crippen molar-refractivity contribution in [3.63, 3.8) is 0 Å². The van der Waals surface area contributed by atoms with Gasteiger partial charge in [-0.2, -0.15) is 0 Å². The fourth-order valence-electron chi connectivity index (χ4n) is 4.14. The number of nitrogens with one attached hydrogen (secondary N) is 2. The minimum atomic E-state index is -1.73. The molecule has 1 atom stereocenters. The van der Waals surface area contributed by atoms with Gasteiger partial charge in [0.25, 0.3) is 11.7 Å². The summed E-state index contributed by atoms with van der Waals surface area (Å²) in [6.45, 7) is 4.87. The number of likely N-dealkylation sites (N-methyl/N-ethyl adjacent to an activating group) is 1. The molecule has 1 fully saturated rings. The summed E-state index contributed by atoms with van der Waals surface area (Å²) < 4.78 is 5.02. The third kappa shape index (κ3) is 11.7. The van der Waals surface area contributed by atoms with Crippen LogP contribution in [0.25, 0.3) is 10.9 Å². The Morgan fingerprint density at radius 2 is 1.60 bits per heavy atom. The van der Waals surface area contributed by atoms with Crippen molar-refractivity contribution < 1.29 is 38.9 Å². The van der Waals surface area contributed by atoms with Crippen LogP contribution in [0.4, 0.5) is 5.69 Å². The van der Waals surface area contributed by atoms with E-state index in [1.807, 2.05) is 25.2 Å². The lowest BCUT2D eigenvalue weighted by Crippen LogP contribution is -2.49. The van der Waals surface area contributed by atoms with Crippen LogP contribution in [0.3, 0.4) is 0 Å². The molecule has 2 amide bonds. The number of Topliss-reactive ketones (excluding diaryl/α,β-unsaturated/α-hetero) is 1. The van der Waals surface area contributed by atoms with E-state index < -0.39 is 41.9 Å². The van der Waals surface area contributed by atoms with Crippen LogP contribution in [0.15, 0.2) is 54.7 Å². The van der Waals surface area contributed by atoms with Gasteiger partial charge in [-0.25, -0.2) is 4.79 Å². The predicted octanol–water partition coefficient (Wildman–Crippen LogP) is 2.65. The lowest BCUT2D eigenvalue weighted by atomic mass is 10.1. The minimum Gasteiger partial charge on any atom is -0.479 e. The number of H-pyrrole nitrogens is 1. The number of anilines is 1. The number of fused-ring (bicyclic) bond motifs is 1. The van der Waals surface area contributed by atoms with E-state index in [4.69, 9.17) is 4.74 Å². The van der Waals surface area contributed by atoms with Crippen molar-refractivity contribution in [2.24, 2.45) is 0 Å². The van der Waals surface area contributed by atoms with E-state index in [-0.39, 0.29) is 5.56 Å². The van der Waals surface area contributed by atoms with E-state index in [1.165, 1.54) is 24.9 Å². The quantitative estimate of drug-likeness (QED) is 0.0926. The summed E-state index contributed by atoms with van der Waals surface area (Å²) in [6.07, 6.45) is 16.2. The van der Waals surface area contributed by atoms with Crippen LogP contribution in [0.5, 0.6) is 0 Å². The number of hydrogen-bond acceptors (Lipinski definition) is 8. The fraction of sp³-hybridized carbons (Fsp3) is 0.303. The highest BCUT2D eigenvalue weighted by Crippen LogP contribution is 2.27. The molecule has 1 aliphatic heterocycles. The van der Waals surface area contributed by atoms with Crippen molar-refractivity contribution in [1.29, 1.82) is 0 Å². The first-order valence-corrected chi connectivity index (χ1v) is 13.6. The molecule has 1 aliphatic rings. The number of benzene rings is 2. The smallest absolute Gasteiger partial charge is 0.333 e. The number of carboxylic acids is 1. The molecule has 0 saturated carbocycles. The Balaban J connectivity index is 0.000000715. The van der Waals surface area contributed by atoms with Gasteiger partial charge < -0.3 is 35.1 Å². The molecule has 0 bridgehead atoms. The van der Waals surface area contributed by atoms with Crippen LogP contribution in [0.2, 0.25) is 0 Å². The number of aromatic amines is 1. The van der Waals surface area contributed by atoms with Crippen LogP contribution < -0.4 is 5.32 Å². The van der Waals surface area contributed by atoms with Gasteiger partial charge in [-0.15, -0.1) is 25.7 Å². The molecular formula is C33H38N4O8. The molecule has 0 spiro atoms. The van der Waals surface area contributed by atoms with Crippen LogP contribution in [-0.4, -0.2) is 100.0 Å². The standard InChI is InChI=1S/C22H28N4O7.C7H6O.2C2H2/c1-22(2,32)33-16(21(30)31)11-17(27)24-15-6-4-5-13-14(12-23-18(13)15)19(28)20(29)26-9-7-25(3)8-10-26;8-6-7-4-2-1-3-5-7;2*1-2/h4-6,12,16,23,32H,7-11H2,1-3H3,(H,24,27)(H,30,31);1-6H;2*1-2H/t16-;;;/m0.../s1. The molecular weight excluding hydrogens is 580 g/mol. The molecule has 0 aliphatic carbocycles. The second kappa shape index (κ2) is 18.4. The zero-order valence-corrected chi connectivity index (χ0v) is 25.4. The molecule has 0 radical (unpaired) electrons. The van der Waals surface area contributed by atoms with E-state index in [1.54, 1.807) is 30.3 Å². The van der Waals surface area contributed by atoms with Crippen molar-refractivity contribution in [2.75, 3.05) is 38.5 Å². The minimum absolute atomic E-state index is 0.193. The number of hydrogen-bond donors (Lipinski definition) is 4. The first kappa shape index (κ1) is 37.8. The zero-order chi connectivity index (χ0) is 34.2. The van der Waals surface area contributed by atoms with Crippen molar-refractivity contribution in [1.82, 2.24) is 14.8 Å². The Hall–Kier alpha value is -5.27. The van der Waals surface area contributed by atoms with E-state index in [0.29, 0.717) is 42.8 Å². The number of ether oxygens (including phenoxy) is 1. The summed E-state index contributed by atoms with van der Waals surface area (Å²) in [5.41, 5.74) is 1.66. The number of ketones is 1. The number of aldehydes is 1. The van der Waals surface area contributed by atoms with Crippen LogP contribution in [-0.2, 0) is 19.1 Å². The van der Waals surface area contributed by atoms with Gasteiger partial charge in [-0.3, -0.25) is 19.2 Å². The highest BCUT2D eigenvalue weighted by Gasteiger charge is 2.30. The number of para-hydroxylation sites is 1. The largest absolute Gasteiger partial charge is 0.479 e. The van der Waals surface area contributed by atoms with E-state index in [0.717, 1.165) is 11.8 Å². The van der Waals surface area contributed by atoms with E-state index in [2.05, 4.69) is 40.9 Å². The summed E-state index contributed by atoms with van der Waals surface area (Å²) in [5.74, 6) is -4.99. The number of terminal acetylenes is 2. The van der Waals surface area contributed by atoms with E-state index >= 15 is 0 Å². The Morgan fingerprint density at radius 3 is 2.11 bits per heavy atom. The van der Waals surface area contributed by atoms with Gasteiger partial charge in [0.05, 0.1) is 23.2 Å². The number of carbonyl (C=O) groups is 5. The third-order valence-electron chi connectivity index (χ3n) is 6.23. The van der Waals surface area contributed by atoms with Crippen molar-refractivity contribution in [3.05, 3.63) is 65.9 Å². The van der Waals surface area contributed by atoms with Gasteiger partial charge in [0.2, 0.25) is 5.91 Å². The molecule has 12 heteroatoms. The van der Waals surface area contributed by atoms with Crippen LogP contribution in [0, 0.1) is 25.7 Å². The zero-order valence-electron chi connectivity index (χ0n) is 25.4. The third-order valence-corrected chi connectivity index (χ3v) is 6.23. The normalized spacial score (nSPS) is 13.3. The average molecular weight is 619 g/mol. The van der Waals surface area contributed by atoms with Crippen LogP contribution >= 0.6 is 0 Å². The highest BCUT2D eigenvalue weighted by atomic mass is 16.6. The molecule has 1 saturated heterocycles. The number of aliphatic carboxylic acids is 1. The maximum absolute atomic E-state index is 12.9. The number of aliphatic hydroxyl groups is 1. The molecule has 45 heavy (non-hydrogen) atoms. The molecule has 0 unspecified atom stereocenters. The second-order valence-electron chi connectivity index (χ2n) is 10.0. The topological polar surface area (TPSA) is 169 Å².